The fourth-order valence-corrected chi connectivity index (χ4v) is 1.38. The van der Waals surface area contributed by atoms with Gasteiger partial charge >= 0.3 is 11.9 Å². The third-order valence-electron chi connectivity index (χ3n) is 2.26. The minimum absolute atomic E-state index is 0.166. The Morgan fingerprint density at radius 2 is 1.79 bits per heavy atom. The number of ketones is 1. The molecule has 1 aromatic rings. The topological polar surface area (TPSA) is 80.7 Å². The van der Waals surface area contributed by atoms with Crippen LogP contribution in [0.25, 0.3) is 0 Å². The molecule has 5 heteroatoms. The summed E-state index contributed by atoms with van der Waals surface area (Å²) in [7, 11) is 0. The number of carbonyl (C=O) groups excluding carboxylic acids is 2. The Morgan fingerprint density at radius 3 is 2.37 bits per heavy atom. The first-order valence-electron chi connectivity index (χ1n) is 5.61. The van der Waals surface area contributed by atoms with Gasteiger partial charge in [-0.2, -0.15) is 0 Å². The van der Waals surface area contributed by atoms with E-state index in [9.17, 15) is 14.4 Å². The SMILES string of the molecule is C=C(CC(=O)O)C(=O)OCC(=O)Cc1ccccc1. The van der Waals surface area contributed by atoms with E-state index in [1.165, 1.54) is 0 Å². The molecule has 0 aliphatic heterocycles. The lowest BCUT2D eigenvalue weighted by Gasteiger charge is -2.05. The first-order chi connectivity index (χ1) is 8.99. The van der Waals surface area contributed by atoms with Gasteiger partial charge in [-0.15, -0.1) is 0 Å². The van der Waals surface area contributed by atoms with Crippen LogP contribution in [0.3, 0.4) is 0 Å². The van der Waals surface area contributed by atoms with Crippen molar-refractivity contribution in [1.82, 2.24) is 0 Å². The number of carboxylic acids is 1. The lowest BCUT2D eigenvalue weighted by Crippen LogP contribution is -2.17. The zero-order chi connectivity index (χ0) is 14.3. The van der Waals surface area contributed by atoms with Gasteiger partial charge in [0.05, 0.1) is 6.42 Å². The first-order valence-corrected chi connectivity index (χ1v) is 5.61. The lowest BCUT2D eigenvalue weighted by atomic mass is 10.1. The maximum absolute atomic E-state index is 11.5. The molecule has 0 radical (unpaired) electrons. The average Bonchev–Trinajstić information content (AvgIpc) is 2.36. The average molecular weight is 262 g/mol. The summed E-state index contributed by atoms with van der Waals surface area (Å²) in [6, 6.07) is 9.04. The van der Waals surface area contributed by atoms with Crippen LogP contribution >= 0.6 is 0 Å². The van der Waals surface area contributed by atoms with Crippen molar-refractivity contribution in [2.24, 2.45) is 0 Å². The van der Waals surface area contributed by atoms with E-state index < -0.39 is 18.4 Å². The number of esters is 1. The Kier molecular flexibility index (Phi) is 5.47. The third kappa shape index (κ3) is 5.63. The van der Waals surface area contributed by atoms with E-state index in [0.717, 1.165) is 5.56 Å². The number of rotatable bonds is 7. The van der Waals surface area contributed by atoms with E-state index >= 15 is 0 Å². The van der Waals surface area contributed by atoms with Crippen LogP contribution in [0.4, 0.5) is 0 Å². The molecule has 0 aliphatic rings. The number of carboxylic acid groups (broad SMARTS) is 1. The predicted molar refractivity (Wildman–Crippen MR) is 67.5 cm³/mol. The number of hydrogen-bond donors (Lipinski definition) is 1. The summed E-state index contributed by atoms with van der Waals surface area (Å²) in [5, 5.41) is 8.47. The molecule has 1 rings (SSSR count). The molecule has 19 heavy (non-hydrogen) atoms. The van der Waals surface area contributed by atoms with Gasteiger partial charge in [-0.25, -0.2) is 4.79 Å². The second-order valence-electron chi connectivity index (χ2n) is 3.95. The molecule has 5 nitrogen and oxygen atoms in total. The maximum Gasteiger partial charge on any atom is 0.334 e. The Balaban J connectivity index is 2.36. The molecule has 0 aromatic heterocycles. The highest BCUT2D eigenvalue weighted by atomic mass is 16.5. The summed E-state index contributed by atoms with van der Waals surface area (Å²) in [5.41, 5.74) is 0.646. The second kappa shape index (κ2) is 7.10. The number of benzene rings is 1. The Morgan fingerprint density at radius 1 is 1.16 bits per heavy atom. The van der Waals surface area contributed by atoms with Crippen LogP contribution in [0.5, 0.6) is 0 Å². The Hall–Kier alpha value is -2.43. The zero-order valence-electron chi connectivity index (χ0n) is 10.3. The summed E-state index contributed by atoms with van der Waals surface area (Å²) in [4.78, 5) is 33.2. The van der Waals surface area contributed by atoms with E-state index in [4.69, 9.17) is 5.11 Å². The highest BCUT2D eigenvalue weighted by Gasteiger charge is 2.14. The fourth-order valence-electron chi connectivity index (χ4n) is 1.38. The van der Waals surface area contributed by atoms with Crippen LogP contribution in [-0.4, -0.2) is 29.4 Å². The molecule has 0 atom stereocenters. The van der Waals surface area contributed by atoms with Gasteiger partial charge in [0.1, 0.15) is 0 Å². The quantitative estimate of drug-likeness (QED) is 0.593. The molecular formula is C14H14O5. The molecular weight excluding hydrogens is 248 g/mol. The monoisotopic (exact) mass is 262 g/mol. The summed E-state index contributed by atoms with van der Waals surface area (Å²) in [6.45, 7) is 2.91. The van der Waals surface area contributed by atoms with Gasteiger partial charge in [-0.1, -0.05) is 36.9 Å². The van der Waals surface area contributed by atoms with E-state index in [1.807, 2.05) is 18.2 Å². The molecule has 0 bridgehead atoms. The van der Waals surface area contributed by atoms with Gasteiger partial charge < -0.3 is 9.84 Å². The molecule has 100 valence electrons. The molecule has 0 spiro atoms. The van der Waals surface area contributed by atoms with Crippen molar-refractivity contribution >= 4 is 17.7 Å². The Bertz CT molecular complexity index is 490. The van der Waals surface area contributed by atoms with Crippen molar-refractivity contribution in [2.45, 2.75) is 12.8 Å². The summed E-state index contributed by atoms with van der Waals surface area (Å²) in [5.74, 6) is -2.29. The van der Waals surface area contributed by atoms with Gasteiger partial charge in [0.25, 0.3) is 0 Å². The van der Waals surface area contributed by atoms with Crippen molar-refractivity contribution in [1.29, 1.82) is 0 Å². The van der Waals surface area contributed by atoms with Crippen molar-refractivity contribution in [3.05, 3.63) is 48.0 Å². The van der Waals surface area contributed by atoms with Crippen LogP contribution in [0.2, 0.25) is 0 Å². The van der Waals surface area contributed by atoms with Gasteiger partial charge in [-0.3, -0.25) is 9.59 Å². The number of aliphatic carboxylic acids is 1. The smallest absolute Gasteiger partial charge is 0.334 e. The largest absolute Gasteiger partial charge is 0.481 e. The van der Waals surface area contributed by atoms with Crippen LogP contribution in [-0.2, 0) is 25.5 Å². The zero-order valence-corrected chi connectivity index (χ0v) is 10.3. The summed E-state index contributed by atoms with van der Waals surface area (Å²) in [6.07, 6.45) is -0.328. The molecule has 1 aromatic carbocycles. The second-order valence-corrected chi connectivity index (χ2v) is 3.95. The van der Waals surface area contributed by atoms with E-state index in [0.29, 0.717) is 0 Å². The van der Waals surface area contributed by atoms with Crippen molar-refractivity contribution < 1.29 is 24.2 Å². The van der Waals surface area contributed by atoms with Crippen LogP contribution in [0.15, 0.2) is 42.5 Å². The molecule has 1 N–H and O–H groups in total. The number of carbonyl (C=O) groups is 3. The van der Waals surface area contributed by atoms with Gasteiger partial charge in [0.15, 0.2) is 12.4 Å². The normalized spacial score (nSPS) is 9.68. The number of hydrogen-bond acceptors (Lipinski definition) is 4. The molecule has 0 saturated carbocycles. The van der Waals surface area contributed by atoms with E-state index in [2.05, 4.69) is 11.3 Å². The fraction of sp³-hybridized carbons (Fsp3) is 0.214. The molecule has 0 amide bonds. The van der Waals surface area contributed by atoms with Gasteiger partial charge in [-0.05, 0) is 5.56 Å². The van der Waals surface area contributed by atoms with Crippen molar-refractivity contribution in [2.75, 3.05) is 6.61 Å². The van der Waals surface area contributed by atoms with Crippen molar-refractivity contribution in [3.8, 4) is 0 Å². The van der Waals surface area contributed by atoms with Crippen LogP contribution in [0, 0.1) is 0 Å². The molecule has 0 unspecified atom stereocenters. The molecule has 0 aliphatic carbocycles. The van der Waals surface area contributed by atoms with Gasteiger partial charge in [0, 0.05) is 12.0 Å². The predicted octanol–water partition coefficient (Wildman–Crippen LogP) is 1.37. The highest BCUT2D eigenvalue weighted by Crippen LogP contribution is 2.03. The minimum atomic E-state index is -1.17. The Labute approximate surface area is 110 Å². The van der Waals surface area contributed by atoms with Gasteiger partial charge in [0.2, 0.25) is 0 Å². The minimum Gasteiger partial charge on any atom is -0.481 e. The third-order valence-corrected chi connectivity index (χ3v) is 2.26. The van der Waals surface area contributed by atoms with Crippen molar-refractivity contribution in [3.63, 3.8) is 0 Å². The van der Waals surface area contributed by atoms with E-state index in [-0.39, 0.29) is 24.4 Å². The van der Waals surface area contributed by atoms with Crippen LogP contribution < -0.4 is 0 Å². The van der Waals surface area contributed by atoms with Crippen LogP contribution in [0.1, 0.15) is 12.0 Å². The number of ether oxygens (including phenoxy) is 1. The first kappa shape index (κ1) is 14.6. The standard InChI is InChI=1S/C14H14O5/c1-10(7-13(16)17)14(18)19-9-12(15)8-11-5-3-2-4-6-11/h2-6H,1,7-9H2,(H,16,17). The maximum atomic E-state index is 11.5. The lowest BCUT2D eigenvalue weighted by molar-refractivity contribution is -0.145. The molecule has 0 fully saturated rings. The summed E-state index contributed by atoms with van der Waals surface area (Å²) < 4.78 is 4.69. The summed E-state index contributed by atoms with van der Waals surface area (Å²) >= 11 is 0. The molecule has 0 saturated heterocycles. The molecule has 0 heterocycles. The number of Topliss-reactive ketones (excluding diaryl/α,β-unsaturated/α-hetero) is 1. The van der Waals surface area contributed by atoms with E-state index in [1.54, 1.807) is 12.1 Å². The highest BCUT2D eigenvalue weighted by molar-refractivity contribution is 5.94.